The molecule has 0 spiro atoms. The summed E-state index contributed by atoms with van der Waals surface area (Å²) in [4.78, 5) is 25.2. The molecule has 0 fully saturated rings. The SMILES string of the molecule is CCc1ccc(Cc2c(C)cc(C(=O)O)c([SiH](C)C)c2C(=O)OC(C)(C)C)cc1.NCc1ccc(-n2cccn2)cc1. The van der Waals surface area contributed by atoms with Gasteiger partial charge in [-0.15, -0.1) is 0 Å². The van der Waals surface area contributed by atoms with Crippen LogP contribution < -0.4 is 10.9 Å². The Morgan fingerprint density at radius 2 is 1.60 bits per heavy atom. The van der Waals surface area contributed by atoms with Gasteiger partial charge in [0.15, 0.2) is 0 Å². The highest BCUT2D eigenvalue weighted by atomic mass is 28.3. The van der Waals surface area contributed by atoms with Gasteiger partial charge in [0, 0.05) is 18.9 Å². The molecule has 42 heavy (non-hydrogen) atoms. The average molecular weight is 586 g/mol. The van der Waals surface area contributed by atoms with E-state index in [1.54, 1.807) is 12.3 Å². The minimum atomic E-state index is -1.64. The molecule has 4 aromatic rings. The van der Waals surface area contributed by atoms with E-state index in [1.165, 1.54) is 5.56 Å². The Labute approximate surface area is 251 Å². The number of esters is 1. The van der Waals surface area contributed by atoms with E-state index >= 15 is 0 Å². The van der Waals surface area contributed by atoms with Gasteiger partial charge in [0.1, 0.15) is 5.60 Å². The Morgan fingerprint density at radius 1 is 1.00 bits per heavy atom. The van der Waals surface area contributed by atoms with E-state index in [4.69, 9.17) is 10.5 Å². The number of carbonyl (C=O) groups is 2. The highest BCUT2D eigenvalue weighted by molar-refractivity contribution is 6.73. The first-order valence-corrected chi connectivity index (χ1v) is 17.2. The number of hydrogen-bond donors (Lipinski definition) is 2. The summed E-state index contributed by atoms with van der Waals surface area (Å²) in [5, 5.41) is 14.6. The van der Waals surface area contributed by atoms with Crippen LogP contribution in [0.4, 0.5) is 0 Å². The van der Waals surface area contributed by atoms with Gasteiger partial charge < -0.3 is 15.6 Å². The van der Waals surface area contributed by atoms with Gasteiger partial charge in [0.25, 0.3) is 0 Å². The topological polar surface area (TPSA) is 107 Å². The largest absolute Gasteiger partial charge is 0.478 e. The van der Waals surface area contributed by atoms with Gasteiger partial charge in [-0.05, 0) is 97.8 Å². The quantitative estimate of drug-likeness (QED) is 0.199. The van der Waals surface area contributed by atoms with Crippen molar-refractivity contribution in [3.05, 3.63) is 112 Å². The van der Waals surface area contributed by atoms with Crippen molar-refractivity contribution in [3.63, 3.8) is 0 Å². The minimum absolute atomic E-state index is 0.232. The van der Waals surface area contributed by atoms with Crippen LogP contribution in [0.2, 0.25) is 13.1 Å². The van der Waals surface area contributed by atoms with E-state index < -0.39 is 26.3 Å². The summed E-state index contributed by atoms with van der Waals surface area (Å²) in [6, 6.07) is 20.0. The van der Waals surface area contributed by atoms with E-state index in [-0.39, 0.29) is 5.56 Å². The number of hydrogen-bond acceptors (Lipinski definition) is 5. The molecule has 3 aromatic carbocycles. The predicted molar refractivity (Wildman–Crippen MR) is 172 cm³/mol. The summed E-state index contributed by atoms with van der Waals surface area (Å²) in [6.45, 7) is 14.2. The maximum absolute atomic E-state index is 13.2. The van der Waals surface area contributed by atoms with Crippen molar-refractivity contribution in [1.29, 1.82) is 0 Å². The van der Waals surface area contributed by atoms with Gasteiger partial charge in [-0.2, -0.15) is 5.10 Å². The maximum atomic E-state index is 13.2. The second-order valence-corrected chi connectivity index (χ2v) is 14.5. The average Bonchev–Trinajstić information content (AvgIpc) is 3.48. The first-order chi connectivity index (χ1) is 19.8. The van der Waals surface area contributed by atoms with Crippen LogP contribution in [-0.4, -0.2) is 41.2 Å². The first-order valence-electron chi connectivity index (χ1n) is 14.3. The van der Waals surface area contributed by atoms with Crippen LogP contribution in [0.1, 0.15) is 76.2 Å². The van der Waals surface area contributed by atoms with Crippen LogP contribution in [0.3, 0.4) is 0 Å². The molecule has 0 saturated heterocycles. The van der Waals surface area contributed by atoms with Crippen LogP contribution in [0.15, 0.2) is 73.1 Å². The summed E-state index contributed by atoms with van der Waals surface area (Å²) in [7, 11) is -1.64. The molecule has 0 aliphatic rings. The van der Waals surface area contributed by atoms with Gasteiger partial charge in [-0.25, -0.2) is 14.3 Å². The molecular weight excluding hydrogens is 542 g/mol. The third kappa shape index (κ3) is 8.50. The van der Waals surface area contributed by atoms with Crippen molar-refractivity contribution in [2.45, 2.75) is 72.7 Å². The smallest absolute Gasteiger partial charge is 0.338 e. The van der Waals surface area contributed by atoms with E-state index in [9.17, 15) is 14.7 Å². The summed E-state index contributed by atoms with van der Waals surface area (Å²) < 4.78 is 7.53. The molecule has 7 nitrogen and oxygen atoms in total. The fourth-order valence-corrected chi connectivity index (χ4v) is 6.44. The van der Waals surface area contributed by atoms with E-state index in [0.717, 1.165) is 34.4 Å². The fourth-order valence-electron chi connectivity index (χ4n) is 4.75. The molecule has 0 atom stereocenters. The number of ether oxygens (including phenoxy) is 1. The molecule has 4 rings (SSSR count). The number of carboxylic acids is 1. The third-order valence-electron chi connectivity index (χ3n) is 6.86. The number of benzene rings is 3. The normalized spacial score (nSPS) is 11.2. The molecule has 3 N–H and O–H groups in total. The number of carbonyl (C=O) groups excluding carboxylic acids is 1. The second-order valence-electron chi connectivity index (χ2n) is 11.6. The highest BCUT2D eigenvalue weighted by Gasteiger charge is 2.29. The zero-order chi connectivity index (χ0) is 31.0. The number of aromatic nitrogens is 2. The minimum Gasteiger partial charge on any atom is -0.478 e. The molecule has 0 saturated carbocycles. The van der Waals surface area contributed by atoms with Crippen LogP contribution in [0, 0.1) is 6.92 Å². The molecule has 0 radical (unpaired) electrons. The van der Waals surface area contributed by atoms with E-state index in [2.05, 4.69) is 36.3 Å². The van der Waals surface area contributed by atoms with Gasteiger partial charge >= 0.3 is 11.9 Å². The van der Waals surface area contributed by atoms with E-state index in [0.29, 0.717) is 23.7 Å². The Morgan fingerprint density at radius 3 is 2.07 bits per heavy atom. The van der Waals surface area contributed by atoms with Gasteiger partial charge in [0.2, 0.25) is 0 Å². The van der Waals surface area contributed by atoms with Crippen molar-refractivity contribution in [3.8, 4) is 5.69 Å². The molecule has 0 aliphatic carbocycles. The van der Waals surface area contributed by atoms with Crippen molar-refractivity contribution in [1.82, 2.24) is 9.78 Å². The van der Waals surface area contributed by atoms with Gasteiger partial charge in [-0.3, -0.25) is 0 Å². The van der Waals surface area contributed by atoms with Crippen LogP contribution in [0.25, 0.3) is 5.69 Å². The van der Waals surface area contributed by atoms with Crippen LogP contribution in [0.5, 0.6) is 0 Å². The Kier molecular flexibility index (Phi) is 11.0. The monoisotopic (exact) mass is 585 g/mol. The Bertz CT molecular complexity index is 1490. The van der Waals surface area contributed by atoms with Crippen molar-refractivity contribution >= 4 is 25.9 Å². The number of nitrogens with two attached hydrogens (primary N) is 1. The summed E-state index contributed by atoms with van der Waals surface area (Å²) >= 11 is 0. The second kappa shape index (κ2) is 14.2. The van der Waals surface area contributed by atoms with Gasteiger partial charge in [-0.1, -0.05) is 56.4 Å². The zero-order valence-electron chi connectivity index (χ0n) is 25.8. The van der Waals surface area contributed by atoms with Crippen LogP contribution in [-0.2, 0) is 24.1 Å². The number of rotatable bonds is 8. The summed E-state index contributed by atoms with van der Waals surface area (Å²) in [6.07, 6.45) is 5.21. The lowest BCUT2D eigenvalue weighted by atomic mass is 9.92. The molecule has 0 amide bonds. The molecular formula is C34H43N3O4Si. The highest BCUT2D eigenvalue weighted by Crippen LogP contribution is 2.24. The van der Waals surface area contributed by atoms with Crippen molar-refractivity contribution < 1.29 is 19.4 Å². The number of nitrogens with zero attached hydrogens (tertiary/aromatic N) is 2. The third-order valence-corrected chi connectivity index (χ3v) is 8.62. The first kappa shape index (κ1) is 32.5. The molecule has 0 unspecified atom stereocenters. The standard InChI is InChI=1S/C24H32O4Si.C10H11N3/c1-8-16-9-11-17(12-10-16)14-18-15(2)13-19(22(25)26)21(29(6)7)20(18)23(27)28-24(3,4)5;11-8-9-2-4-10(5-3-9)13-7-1-6-12-13/h9-13,29H,8,14H2,1-7H3,(H,25,26);1-7H,8,11H2. The lowest BCUT2D eigenvalue weighted by Gasteiger charge is -2.25. The number of aromatic carboxylic acids is 1. The van der Waals surface area contributed by atoms with Crippen molar-refractivity contribution in [2.24, 2.45) is 5.73 Å². The molecule has 222 valence electrons. The number of aryl methyl sites for hydroxylation is 2. The van der Waals surface area contributed by atoms with E-state index in [1.807, 2.05) is 82.0 Å². The van der Waals surface area contributed by atoms with Crippen LogP contribution >= 0.6 is 0 Å². The van der Waals surface area contributed by atoms with Gasteiger partial charge in [0.05, 0.1) is 25.6 Å². The summed E-state index contributed by atoms with van der Waals surface area (Å²) in [5.74, 6) is -1.42. The molecule has 0 bridgehead atoms. The molecule has 1 aromatic heterocycles. The lowest BCUT2D eigenvalue weighted by Crippen LogP contribution is -2.38. The fraction of sp³-hybridized carbons (Fsp3) is 0.324. The predicted octanol–water partition coefficient (Wildman–Crippen LogP) is 5.83. The Hall–Kier alpha value is -4.01. The molecule has 1 heterocycles. The lowest BCUT2D eigenvalue weighted by molar-refractivity contribution is 0.00698. The van der Waals surface area contributed by atoms with Crippen molar-refractivity contribution in [2.75, 3.05) is 0 Å². The number of carboxylic acid groups (broad SMARTS) is 1. The zero-order valence-corrected chi connectivity index (χ0v) is 26.9. The summed E-state index contributed by atoms with van der Waals surface area (Å²) in [5.41, 5.74) is 11.7. The molecule has 8 heteroatoms. The maximum Gasteiger partial charge on any atom is 0.338 e. The molecule has 0 aliphatic heterocycles. The Balaban J connectivity index is 0.000000307.